The molecule has 7 atom stereocenters. The molecule has 0 aliphatic carbocycles. The van der Waals surface area contributed by atoms with Crippen molar-refractivity contribution < 1.29 is 39.8 Å². The molecule has 55 heavy (non-hydrogen) atoms. The molecule has 0 aromatic heterocycles. The number of aliphatic hydroxyl groups excluding tert-OH is 5. The minimum absolute atomic E-state index is 0.185. The Morgan fingerprint density at radius 3 is 1.53 bits per heavy atom. The van der Waals surface area contributed by atoms with Gasteiger partial charge in [-0.1, -0.05) is 192 Å². The summed E-state index contributed by atoms with van der Waals surface area (Å²) in [5.74, 6) is -0.185. The average molecular weight is 782 g/mol. The highest BCUT2D eigenvalue weighted by Gasteiger charge is 2.44. The first kappa shape index (κ1) is 51.7. The van der Waals surface area contributed by atoms with Gasteiger partial charge in [0.2, 0.25) is 5.91 Å². The molecule has 1 aliphatic heterocycles. The highest BCUT2D eigenvalue weighted by Crippen LogP contribution is 2.22. The number of allylic oxidation sites excluding steroid dienone is 3. The third-order valence-electron chi connectivity index (χ3n) is 11.0. The number of ether oxygens (including phenoxy) is 2. The Bertz CT molecular complexity index is 914. The van der Waals surface area contributed by atoms with Gasteiger partial charge in [-0.15, -0.1) is 0 Å². The minimum Gasteiger partial charge on any atom is -0.394 e. The Kier molecular flexibility index (Phi) is 34.7. The average Bonchev–Trinajstić information content (AvgIpc) is 3.18. The van der Waals surface area contributed by atoms with Crippen LogP contribution in [0.2, 0.25) is 0 Å². The highest BCUT2D eigenvalue weighted by atomic mass is 16.7. The molecule has 1 heterocycles. The zero-order valence-electron chi connectivity index (χ0n) is 35.4. The molecule has 0 spiro atoms. The minimum atomic E-state index is -1.57. The first-order valence-corrected chi connectivity index (χ1v) is 23.1. The third-order valence-corrected chi connectivity index (χ3v) is 11.0. The molecule has 1 saturated heterocycles. The van der Waals surface area contributed by atoms with Crippen LogP contribution in [0.25, 0.3) is 0 Å². The van der Waals surface area contributed by atoms with E-state index in [-0.39, 0.29) is 12.5 Å². The fourth-order valence-corrected chi connectivity index (χ4v) is 7.29. The van der Waals surface area contributed by atoms with Gasteiger partial charge in [0, 0.05) is 6.42 Å². The third kappa shape index (κ3) is 27.9. The molecule has 0 bridgehead atoms. The number of hydrogen-bond acceptors (Lipinski definition) is 8. The van der Waals surface area contributed by atoms with Crippen molar-refractivity contribution in [1.29, 1.82) is 0 Å². The van der Waals surface area contributed by atoms with Crippen LogP contribution >= 0.6 is 0 Å². The summed E-state index contributed by atoms with van der Waals surface area (Å²) in [6.07, 6.45) is 36.6. The van der Waals surface area contributed by atoms with E-state index in [1.54, 1.807) is 6.08 Å². The summed E-state index contributed by atoms with van der Waals surface area (Å²) in [5.41, 5.74) is 0. The fourth-order valence-electron chi connectivity index (χ4n) is 7.29. The Morgan fingerprint density at radius 2 is 1.04 bits per heavy atom. The second kappa shape index (κ2) is 37.0. The summed E-state index contributed by atoms with van der Waals surface area (Å²) in [7, 11) is 0. The van der Waals surface area contributed by atoms with Crippen LogP contribution in [-0.2, 0) is 14.3 Å². The molecule has 0 saturated carbocycles. The van der Waals surface area contributed by atoms with Gasteiger partial charge >= 0.3 is 0 Å². The van der Waals surface area contributed by atoms with Crippen LogP contribution in [0.5, 0.6) is 0 Å². The predicted molar refractivity (Wildman–Crippen MR) is 226 cm³/mol. The summed E-state index contributed by atoms with van der Waals surface area (Å²) < 4.78 is 11.2. The van der Waals surface area contributed by atoms with Crippen molar-refractivity contribution in [1.82, 2.24) is 5.32 Å². The zero-order chi connectivity index (χ0) is 40.2. The van der Waals surface area contributed by atoms with Gasteiger partial charge in [-0.2, -0.15) is 0 Å². The number of rotatable bonds is 38. The van der Waals surface area contributed by atoms with E-state index in [9.17, 15) is 30.3 Å². The van der Waals surface area contributed by atoms with Crippen molar-refractivity contribution in [3.05, 3.63) is 24.3 Å². The van der Waals surface area contributed by atoms with Crippen molar-refractivity contribution in [2.24, 2.45) is 0 Å². The van der Waals surface area contributed by atoms with Crippen LogP contribution in [0.15, 0.2) is 24.3 Å². The molecule has 324 valence electrons. The first-order valence-electron chi connectivity index (χ1n) is 23.1. The lowest BCUT2D eigenvalue weighted by Crippen LogP contribution is -2.60. The normalized spacial score (nSPS) is 21.5. The number of hydrogen-bond donors (Lipinski definition) is 6. The molecular formula is C46H87NO8. The topological polar surface area (TPSA) is 149 Å². The predicted octanol–water partition coefficient (Wildman–Crippen LogP) is 9.50. The Balaban J connectivity index is 2.32. The van der Waals surface area contributed by atoms with Gasteiger partial charge in [0.25, 0.3) is 0 Å². The molecule has 0 radical (unpaired) electrons. The van der Waals surface area contributed by atoms with Crippen LogP contribution < -0.4 is 5.32 Å². The number of unbranched alkanes of at least 4 members (excludes halogenated alkanes) is 26. The van der Waals surface area contributed by atoms with E-state index in [4.69, 9.17) is 9.47 Å². The lowest BCUT2D eigenvalue weighted by Gasteiger charge is -2.40. The van der Waals surface area contributed by atoms with Crippen molar-refractivity contribution in [3.8, 4) is 0 Å². The van der Waals surface area contributed by atoms with Gasteiger partial charge in [-0.25, -0.2) is 0 Å². The summed E-state index contributed by atoms with van der Waals surface area (Å²) in [5, 5.41) is 54.1. The molecule has 2 unspecified atom stereocenters. The molecule has 6 N–H and O–H groups in total. The number of carbonyl (C=O) groups is 1. The molecule has 1 rings (SSSR count). The molecule has 0 aromatic rings. The molecule has 1 amide bonds. The lowest BCUT2D eigenvalue weighted by atomic mass is 9.99. The van der Waals surface area contributed by atoms with Gasteiger partial charge in [0.05, 0.1) is 25.4 Å². The smallest absolute Gasteiger partial charge is 0.220 e. The largest absolute Gasteiger partial charge is 0.394 e. The van der Waals surface area contributed by atoms with E-state index in [0.29, 0.717) is 6.42 Å². The Morgan fingerprint density at radius 1 is 0.600 bits per heavy atom. The van der Waals surface area contributed by atoms with Crippen LogP contribution in [0, 0.1) is 0 Å². The fraction of sp³-hybridized carbons (Fsp3) is 0.891. The maximum Gasteiger partial charge on any atom is 0.220 e. The zero-order valence-corrected chi connectivity index (χ0v) is 35.4. The van der Waals surface area contributed by atoms with Gasteiger partial charge in [-0.05, 0) is 32.1 Å². The van der Waals surface area contributed by atoms with E-state index in [1.807, 2.05) is 6.08 Å². The maximum absolute atomic E-state index is 12.9. The summed E-state index contributed by atoms with van der Waals surface area (Å²) in [6.45, 7) is 3.74. The summed E-state index contributed by atoms with van der Waals surface area (Å²) in [6, 6.07) is -0.815. The molecule has 0 aromatic carbocycles. The molecule has 1 fully saturated rings. The van der Waals surface area contributed by atoms with Gasteiger partial charge in [0.15, 0.2) is 6.29 Å². The van der Waals surface area contributed by atoms with E-state index < -0.39 is 49.5 Å². The van der Waals surface area contributed by atoms with E-state index in [0.717, 1.165) is 38.5 Å². The molecule has 9 heteroatoms. The summed E-state index contributed by atoms with van der Waals surface area (Å²) in [4.78, 5) is 12.9. The van der Waals surface area contributed by atoms with Crippen molar-refractivity contribution >= 4 is 5.91 Å². The van der Waals surface area contributed by atoms with E-state index in [2.05, 4.69) is 31.3 Å². The first-order chi connectivity index (χ1) is 26.8. The number of aliphatic hydroxyl groups is 5. The van der Waals surface area contributed by atoms with Crippen molar-refractivity contribution in [3.63, 3.8) is 0 Å². The van der Waals surface area contributed by atoms with Crippen molar-refractivity contribution in [2.75, 3.05) is 13.2 Å². The van der Waals surface area contributed by atoms with E-state index in [1.165, 1.54) is 148 Å². The quantitative estimate of drug-likeness (QED) is 0.0268. The van der Waals surface area contributed by atoms with Gasteiger partial charge in [-0.3, -0.25) is 4.79 Å². The van der Waals surface area contributed by atoms with Crippen LogP contribution in [0.1, 0.15) is 206 Å². The number of carbonyl (C=O) groups excluding carboxylic acids is 1. The van der Waals surface area contributed by atoms with Gasteiger partial charge in [0.1, 0.15) is 24.4 Å². The second-order valence-electron chi connectivity index (χ2n) is 16.2. The maximum atomic E-state index is 12.9. The summed E-state index contributed by atoms with van der Waals surface area (Å²) >= 11 is 0. The standard InChI is InChI=1S/C46H87NO8/c1-3-5-7-9-11-13-15-17-18-19-20-21-22-23-24-26-28-30-32-34-36-42(50)47-39(38-54-46-45(53)44(52)43(51)41(37-48)55-46)40(49)35-33-31-29-27-25-16-14-12-10-8-6-4-2/h25,27,33,35,39-41,43-46,48-49,51-53H,3-24,26,28-32,34,36-38H2,1-2H3,(H,47,50)/b27-25+,35-33+/t39-,40+,41-,43-,44?,45?,46-/m0/s1. The number of amides is 1. The van der Waals surface area contributed by atoms with E-state index >= 15 is 0 Å². The monoisotopic (exact) mass is 782 g/mol. The van der Waals surface area contributed by atoms with Crippen LogP contribution in [0.4, 0.5) is 0 Å². The Labute approximate surface area is 337 Å². The van der Waals surface area contributed by atoms with Crippen LogP contribution in [-0.4, -0.2) is 87.5 Å². The van der Waals surface area contributed by atoms with Crippen molar-refractivity contribution in [2.45, 2.75) is 249 Å². The highest BCUT2D eigenvalue weighted by molar-refractivity contribution is 5.76. The molecule has 1 aliphatic rings. The molecular weight excluding hydrogens is 695 g/mol. The molecule has 9 nitrogen and oxygen atoms in total. The second-order valence-corrected chi connectivity index (χ2v) is 16.2. The SMILES string of the molecule is CCCCCCCC/C=C/CC/C=C/[C@@H](O)[C@H](CO[C@H]1O[C@@H](CO)[C@H](O)C(O)C1O)NC(=O)CCCCCCCCCCCCCCCCCCCCCC. The van der Waals surface area contributed by atoms with Gasteiger partial charge < -0.3 is 40.3 Å². The Hall–Kier alpha value is -1.33. The number of nitrogens with one attached hydrogen (secondary N) is 1. The lowest BCUT2D eigenvalue weighted by molar-refractivity contribution is -0.302. The van der Waals surface area contributed by atoms with Crippen LogP contribution in [0.3, 0.4) is 0 Å².